The number of nitrogens with zero attached hydrogens (tertiary/aromatic N) is 2. The number of aromatic nitrogens is 2. The molecule has 0 radical (unpaired) electrons. The highest BCUT2D eigenvalue weighted by Crippen LogP contribution is 2.30. The van der Waals surface area contributed by atoms with Gasteiger partial charge in [-0.25, -0.2) is 4.98 Å². The Kier molecular flexibility index (Phi) is 2.25. The van der Waals surface area contributed by atoms with E-state index in [1.54, 1.807) is 0 Å². The first-order chi connectivity index (χ1) is 7.36. The van der Waals surface area contributed by atoms with Gasteiger partial charge in [0.05, 0.1) is 29.9 Å². The van der Waals surface area contributed by atoms with Crippen LogP contribution in [0.25, 0.3) is 0 Å². The van der Waals surface area contributed by atoms with Gasteiger partial charge in [-0.05, 0) is 12.8 Å². The summed E-state index contributed by atoms with van der Waals surface area (Å²) in [5.74, 6) is 0. The van der Waals surface area contributed by atoms with Crippen molar-refractivity contribution < 1.29 is 4.74 Å². The molecule has 1 aromatic heterocycles. The molecule has 3 rings (SSSR count). The molecule has 0 saturated carbocycles. The molecule has 82 valence electrons. The third-order valence-corrected chi connectivity index (χ3v) is 3.42. The summed E-state index contributed by atoms with van der Waals surface area (Å²) in [5, 5.41) is 3.56. The van der Waals surface area contributed by atoms with Crippen molar-refractivity contribution in [3.63, 3.8) is 0 Å². The molecule has 1 N–H and O–H groups in total. The molecule has 4 heteroatoms. The van der Waals surface area contributed by atoms with Gasteiger partial charge >= 0.3 is 0 Å². The van der Waals surface area contributed by atoms with Crippen LogP contribution in [-0.4, -0.2) is 28.8 Å². The van der Waals surface area contributed by atoms with Gasteiger partial charge in [0.25, 0.3) is 0 Å². The molecule has 15 heavy (non-hydrogen) atoms. The minimum Gasteiger partial charge on any atom is -0.376 e. The zero-order valence-electron chi connectivity index (χ0n) is 9.07. The normalized spacial score (nSPS) is 30.5. The van der Waals surface area contributed by atoms with Gasteiger partial charge in [0, 0.05) is 26.6 Å². The van der Waals surface area contributed by atoms with E-state index in [1.165, 1.54) is 24.2 Å². The molecule has 2 aliphatic heterocycles. The Morgan fingerprint density at radius 1 is 1.60 bits per heavy atom. The van der Waals surface area contributed by atoms with Crippen molar-refractivity contribution in [1.29, 1.82) is 0 Å². The van der Waals surface area contributed by atoms with Gasteiger partial charge in [0.15, 0.2) is 0 Å². The average Bonchev–Trinajstić information content (AvgIpc) is 2.88. The molecule has 2 aliphatic rings. The van der Waals surface area contributed by atoms with Crippen molar-refractivity contribution in [2.75, 3.05) is 13.2 Å². The standard InChI is InChI=1S/C11H17N3O/c1-14-7-13-8-4-5-12-10(11(8)14)9-3-2-6-15-9/h7,9-10,12H,2-6H2,1H3. The Labute approximate surface area is 89.6 Å². The van der Waals surface area contributed by atoms with Gasteiger partial charge in [-0.3, -0.25) is 0 Å². The van der Waals surface area contributed by atoms with Crippen molar-refractivity contribution in [3.8, 4) is 0 Å². The Hall–Kier alpha value is -0.870. The highest BCUT2D eigenvalue weighted by Gasteiger charge is 2.33. The summed E-state index contributed by atoms with van der Waals surface area (Å²) >= 11 is 0. The number of aryl methyl sites for hydroxylation is 1. The molecule has 1 aromatic rings. The molecule has 0 aromatic carbocycles. The van der Waals surface area contributed by atoms with Crippen LogP contribution in [0.4, 0.5) is 0 Å². The second-order valence-electron chi connectivity index (χ2n) is 4.42. The average molecular weight is 207 g/mol. The maximum absolute atomic E-state index is 5.77. The second kappa shape index (κ2) is 3.61. The molecular formula is C11H17N3O. The Bertz CT molecular complexity index is 355. The topological polar surface area (TPSA) is 39.1 Å². The maximum atomic E-state index is 5.77. The van der Waals surface area contributed by atoms with E-state index in [2.05, 4.69) is 21.9 Å². The zero-order chi connectivity index (χ0) is 10.3. The second-order valence-corrected chi connectivity index (χ2v) is 4.42. The van der Waals surface area contributed by atoms with Crippen LogP contribution in [0.5, 0.6) is 0 Å². The Morgan fingerprint density at radius 3 is 3.33 bits per heavy atom. The lowest BCUT2D eigenvalue weighted by molar-refractivity contribution is 0.0738. The van der Waals surface area contributed by atoms with Crippen LogP contribution in [0.3, 0.4) is 0 Å². The molecular weight excluding hydrogens is 190 g/mol. The lowest BCUT2D eigenvalue weighted by atomic mass is 9.98. The zero-order valence-corrected chi connectivity index (χ0v) is 9.07. The first-order valence-corrected chi connectivity index (χ1v) is 5.71. The third kappa shape index (κ3) is 1.48. The highest BCUT2D eigenvalue weighted by atomic mass is 16.5. The third-order valence-electron chi connectivity index (χ3n) is 3.42. The summed E-state index contributed by atoms with van der Waals surface area (Å²) in [6.45, 7) is 1.94. The molecule has 0 amide bonds. The number of ether oxygens (including phenoxy) is 1. The van der Waals surface area contributed by atoms with Crippen LogP contribution < -0.4 is 5.32 Å². The predicted octanol–water partition coefficient (Wildman–Crippen LogP) is 0.786. The van der Waals surface area contributed by atoms with E-state index in [1.807, 2.05) is 6.33 Å². The Morgan fingerprint density at radius 2 is 2.53 bits per heavy atom. The summed E-state index contributed by atoms with van der Waals surface area (Å²) in [4.78, 5) is 4.45. The first kappa shape index (κ1) is 9.36. The number of fused-ring (bicyclic) bond motifs is 1. The van der Waals surface area contributed by atoms with E-state index in [-0.39, 0.29) is 0 Å². The number of nitrogens with one attached hydrogen (secondary N) is 1. The fourth-order valence-corrected chi connectivity index (χ4v) is 2.70. The number of hydrogen-bond donors (Lipinski definition) is 1. The summed E-state index contributed by atoms with van der Waals surface area (Å²) in [6, 6.07) is 0.351. The van der Waals surface area contributed by atoms with Gasteiger partial charge in [0.2, 0.25) is 0 Å². The van der Waals surface area contributed by atoms with Gasteiger partial charge in [-0.2, -0.15) is 0 Å². The summed E-state index contributed by atoms with van der Waals surface area (Å²) in [6.07, 6.45) is 5.66. The molecule has 0 aliphatic carbocycles. The van der Waals surface area contributed by atoms with Crippen LogP contribution in [0.1, 0.15) is 30.3 Å². The molecule has 1 saturated heterocycles. The van der Waals surface area contributed by atoms with Crippen molar-refractivity contribution in [1.82, 2.24) is 14.9 Å². The highest BCUT2D eigenvalue weighted by molar-refractivity contribution is 5.22. The van der Waals surface area contributed by atoms with E-state index in [4.69, 9.17) is 4.74 Å². The smallest absolute Gasteiger partial charge is 0.0949 e. The lowest BCUT2D eigenvalue weighted by Crippen LogP contribution is -2.38. The molecule has 4 nitrogen and oxygen atoms in total. The van der Waals surface area contributed by atoms with Crippen LogP contribution >= 0.6 is 0 Å². The van der Waals surface area contributed by atoms with Gasteiger partial charge in [-0.15, -0.1) is 0 Å². The molecule has 0 spiro atoms. The monoisotopic (exact) mass is 207 g/mol. The largest absolute Gasteiger partial charge is 0.376 e. The maximum Gasteiger partial charge on any atom is 0.0949 e. The quantitative estimate of drug-likeness (QED) is 0.740. The SMILES string of the molecule is Cn1cnc2c1C(C1CCCO1)NCC2. The minimum atomic E-state index is 0.347. The lowest BCUT2D eigenvalue weighted by Gasteiger charge is -2.29. The van der Waals surface area contributed by atoms with Crippen LogP contribution in [0.15, 0.2) is 6.33 Å². The van der Waals surface area contributed by atoms with Gasteiger partial charge < -0.3 is 14.6 Å². The van der Waals surface area contributed by atoms with Crippen molar-refractivity contribution >= 4 is 0 Å². The summed E-state index contributed by atoms with van der Waals surface area (Å²) < 4.78 is 7.90. The van der Waals surface area contributed by atoms with E-state index in [0.717, 1.165) is 19.6 Å². The van der Waals surface area contributed by atoms with Gasteiger partial charge in [0.1, 0.15) is 0 Å². The fraction of sp³-hybridized carbons (Fsp3) is 0.727. The molecule has 2 unspecified atom stereocenters. The number of imidazole rings is 1. The molecule has 3 heterocycles. The molecule has 1 fully saturated rings. The molecule has 2 atom stereocenters. The van der Waals surface area contributed by atoms with Crippen LogP contribution in [-0.2, 0) is 18.2 Å². The van der Waals surface area contributed by atoms with E-state index >= 15 is 0 Å². The first-order valence-electron chi connectivity index (χ1n) is 5.71. The van der Waals surface area contributed by atoms with Crippen molar-refractivity contribution in [3.05, 3.63) is 17.7 Å². The van der Waals surface area contributed by atoms with E-state index in [0.29, 0.717) is 12.1 Å². The number of rotatable bonds is 1. The van der Waals surface area contributed by atoms with Crippen molar-refractivity contribution in [2.24, 2.45) is 7.05 Å². The summed E-state index contributed by atoms with van der Waals surface area (Å²) in [5.41, 5.74) is 2.57. The Balaban J connectivity index is 1.93. The minimum absolute atomic E-state index is 0.347. The molecule has 0 bridgehead atoms. The number of hydrogen-bond acceptors (Lipinski definition) is 3. The van der Waals surface area contributed by atoms with Crippen LogP contribution in [0.2, 0.25) is 0 Å². The van der Waals surface area contributed by atoms with E-state index < -0.39 is 0 Å². The van der Waals surface area contributed by atoms with Crippen molar-refractivity contribution in [2.45, 2.75) is 31.4 Å². The van der Waals surface area contributed by atoms with Gasteiger partial charge in [-0.1, -0.05) is 0 Å². The van der Waals surface area contributed by atoms with E-state index in [9.17, 15) is 0 Å². The predicted molar refractivity (Wildman–Crippen MR) is 56.6 cm³/mol. The van der Waals surface area contributed by atoms with Crippen LogP contribution in [0, 0.1) is 0 Å². The fourth-order valence-electron chi connectivity index (χ4n) is 2.70. The summed E-state index contributed by atoms with van der Waals surface area (Å²) in [7, 11) is 2.07.